The molecule has 17 heavy (non-hydrogen) atoms. The standard InChI is InChI=1S/C10H19N3O3S/c1-9(2,10(3,4)11)8-12-7(13-16-8)6-17(5,14)15/h6,11H2,1-5H3. The molecule has 1 aromatic heterocycles. The predicted molar refractivity (Wildman–Crippen MR) is 64.1 cm³/mol. The lowest BCUT2D eigenvalue weighted by molar-refractivity contribution is 0.222. The number of hydrogen-bond acceptors (Lipinski definition) is 6. The van der Waals surface area contributed by atoms with Crippen molar-refractivity contribution < 1.29 is 12.9 Å². The van der Waals surface area contributed by atoms with Crippen LogP contribution < -0.4 is 5.73 Å². The molecule has 0 saturated carbocycles. The molecule has 0 aromatic carbocycles. The molecule has 98 valence electrons. The summed E-state index contributed by atoms with van der Waals surface area (Å²) >= 11 is 0. The van der Waals surface area contributed by atoms with Crippen molar-refractivity contribution in [3.05, 3.63) is 11.7 Å². The lowest BCUT2D eigenvalue weighted by Gasteiger charge is -2.34. The maximum atomic E-state index is 11.1. The molecule has 0 amide bonds. The summed E-state index contributed by atoms with van der Waals surface area (Å²) < 4.78 is 27.3. The molecule has 1 aromatic rings. The molecule has 0 aliphatic heterocycles. The van der Waals surface area contributed by atoms with Crippen LogP contribution in [0.4, 0.5) is 0 Å². The van der Waals surface area contributed by atoms with Crippen LogP contribution in [0.15, 0.2) is 4.52 Å². The third-order valence-corrected chi connectivity index (χ3v) is 3.79. The first kappa shape index (κ1) is 14.1. The minimum atomic E-state index is -3.16. The van der Waals surface area contributed by atoms with Crippen LogP contribution in [-0.2, 0) is 21.0 Å². The fraction of sp³-hybridized carbons (Fsp3) is 0.800. The molecular formula is C10H19N3O3S. The van der Waals surface area contributed by atoms with Crippen molar-refractivity contribution in [2.24, 2.45) is 5.73 Å². The Balaban J connectivity index is 3.04. The van der Waals surface area contributed by atoms with Gasteiger partial charge in [0.05, 0.1) is 5.41 Å². The highest BCUT2D eigenvalue weighted by Gasteiger charge is 2.40. The van der Waals surface area contributed by atoms with Crippen LogP contribution in [0.1, 0.15) is 39.4 Å². The summed E-state index contributed by atoms with van der Waals surface area (Å²) in [6.07, 6.45) is 1.13. The third kappa shape index (κ3) is 3.26. The molecule has 0 saturated heterocycles. The monoisotopic (exact) mass is 261 g/mol. The highest BCUT2D eigenvalue weighted by atomic mass is 32.2. The van der Waals surface area contributed by atoms with Crippen molar-refractivity contribution in [1.82, 2.24) is 10.1 Å². The van der Waals surface area contributed by atoms with Gasteiger partial charge < -0.3 is 10.3 Å². The van der Waals surface area contributed by atoms with Gasteiger partial charge in [-0.05, 0) is 27.7 Å². The van der Waals surface area contributed by atoms with E-state index in [0.29, 0.717) is 5.89 Å². The van der Waals surface area contributed by atoms with Gasteiger partial charge in [0.25, 0.3) is 0 Å². The van der Waals surface area contributed by atoms with E-state index in [-0.39, 0.29) is 11.6 Å². The Morgan fingerprint density at radius 1 is 1.29 bits per heavy atom. The Morgan fingerprint density at radius 3 is 2.24 bits per heavy atom. The molecule has 0 radical (unpaired) electrons. The summed E-state index contributed by atoms with van der Waals surface area (Å²) in [5.41, 5.74) is 4.95. The Labute approximate surface area is 102 Å². The number of sulfone groups is 1. The van der Waals surface area contributed by atoms with Crippen molar-refractivity contribution in [2.45, 2.75) is 44.4 Å². The second-order valence-electron chi connectivity index (χ2n) is 5.43. The molecule has 7 heteroatoms. The van der Waals surface area contributed by atoms with Crippen LogP contribution in [0.5, 0.6) is 0 Å². The smallest absolute Gasteiger partial charge is 0.234 e. The fourth-order valence-corrected chi connectivity index (χ4v) is 1.66. The van der Waals surface area contributed by atoms with Crippen LogP contribution in [0, 0.1) is 0 Å². The average Bonchev–Trinajstić information content (AvgIpc) is 2.47. The minimum absolute atomic E-state index is 0.167. The molecule has 0 unspecified atom stereocenters. The van der Waals surface area contributed by atoms with Crippen molar-refractivity contribution in [3.8, 4) is 0 Å². The summed E-state index contributed by atoms with van der Waals surface area (Å²) in [6.45, 7) is 7.47. The molecule has 0 fully saturated rings. The van der Waals surface area contributed by atoms with Gasteiger partial charge in [0, 0.05) is 11.8 Å². The first-order chi connectivity index (χ1) is 7.43. The lowest BCUT2D eigenvalue weighted by Crippen LogP contribution is -2.50. The third-order valence-electron chi connectivity index (χ3n) is 3.00. The van der Waals surface area contributed by atoms with Gasteiger partial charge in [0.15, 0.2) is 15.7 Å². The first-order valence-electron chi connectivity index (χ1n) is 5.23. The number of rotatable bonds is 4. The van der Waals surface area contributed by atoms with E-state index in [1.54, 1.807) is 0 Å². The Hall–Kier alpha value is -0.950. The van der Waals surface area contributed by atoms with Gasteiger partial charge in [-0.3, -0.25) is 0 Å². The summed E-state index contributed by atoms with van der Waals surface area (Å²) in [5.74, 6) is 0.292. The number of aromatic nitrogens is 2. The van der Waals surface area contributed by atoms with E-state index in [2.05, 4.69) is 10.1 Å². The van der Waals surface area contributed by atoms with Crippen LogP contribution in [-0.4, -0.2) is 30.4 Å². The minimum Gasteiger partial charge on any atom is -0.339 e. The molecule has 2 N–H and O–H groups in total. The van der Waals surface area contributed by atoms with Gasteiger partial charge in [-0.2, -0.15) is 4.98 Å². The molecule has 0 spiro atoms. The van der Waals surface area contributed by atoms with Gasteiger partial charge in [-0.15, -0.1) is 0 Å². The summed E-state index contributed by atoms with van der Waals surface area (Å²) in [5, 5.41) is 3.66. The lowest BCUT2D eigenvalue weighted by atomic mass is 9.75. The zero-order valence-corrected chi connectivity index (χ0v) is 11.6. The van der Waals surface area contributed by atoms with E-state index in [0.717, 1.165) is 6.26 Å². The van der Waals surface area contributed by atoms with Gasteiger partial charge in [0.2, 0.25) is 5.89 Å². The topological polar surface area (TPSA) is 99.1 Å². The van der Waals surface area contributed by atoms with Crippen molar-refractivity contribution in [2.75, 3.05) is 6.26 Å². The SMILES string of the molecule is CC(C)(N)C(C)(C)c1nc(CS(C)(=O)=O)no1. The number of nitrogens with two attached hydrogens (primary N) is 1. The maximum Gasteiger partial charge on any atom is 0.234 e. The highest BCUT2D eigenvalue weighted by Crippen LogP contribution is 2.31. The van der Waals surface area contributed by atoms with Crippen LogP contribution in [0.2, 0.25) is 0 Å². The summed E-state index contributed by atoms with van der Waals surface area (Å²) in [6, 6.07) is 0. The molecule has 0 atom stereocenters. The largest absolute Gasteiger partial charge is 0.339 e. The zero-order chi connectivity index (χ0) is 13.5. The molecule has 6 nitrogen and oxygen atoms in total. The second-order valence-corrected chi connectivity index (χ2v) is 7.57. The van der Waals surface area contributed by atoms with Crippen LogP contribution in [0.25, 0.3) is 0 Å². The number of hydrogen-bond donors (Lipinski definition) is 1. The summed E-state index contributed by atoms with van der Waals surface area (Å²) in [4.78, 5) is 4.10. The summed E-state index contributed by atoms with van der Waals surface area (Å²) in [7, 11) is -3.16. The van der Waals surface area contributed by atoms with Crippen molar-refractivity contribution >= 4 is 9.84 Å². The first-order valence-corrected chi connectivity index (χ1v) is 7.29. The van der Waals surface area contributed by atoms with Crippen molar-refractivity contribution in [3.63, 3.8) is 0 Å². The van der Waals surface area contributed by atoms with Crippen molar-refractivity contribution in [1.29, 1.82) is 0 Å². The Morgan fingerprint density at radius 2 is 1.82 bits per heavy atom. The molecule has 1 rings (SSSR count). The zero-order valence-electron chi connectivity index (χ0n) is 10.8. The van der Waals surface area contributed by atoms with E-state index in [4.69, 9.17) is 10.3 Å². The molecule has 0 aliphatic rings. The molecule has 0 bridgehead atoms. The van der Waals surface area contributed by atoms with Gasteiger partial charge in [-0.1, -0.05) is 5.16 Å². The number of nitrogens with zero attached hydrogens (tertiary/aromatic N) is 2. The normalized spacial score (nSPS) is 14.0. The fourth-order valence-electron chi connectivity index (χ4n) is 1.08. The van der Waals surface area contributed by atoms with E-state index in [1.165, 1.54) is 0 Å². The Kier molecular flexibility index (Phi) is 3.37. The second kappa shape index (κ2) is 4.06. The molecular weight excluding hydrogens is 242 g/mol. The maximum absolute atomic E-state index is 11.1. The van der Waals surface area contributed by atoms with E-state index >= 15 is 0 Å². The van der Waals surface area contributed by atoms with E-state index < -0.39 is 20.8 Å². The predicted octanol–water partition coefficient (Wildman–Crippen LogP) is 0.629. The van der Waals surface area contributed by atoms with Gasteiger partial charge in [0.1, 0.15) is 5.75 Å². The van der Waals surface area contributed by atoms with Crippen LogP contribution >= 0.6 is 0 Å². The Bertz CT molecular complexity index is 497. The average molecular weight is 261 g/mol. The van der Waals surface area contributed by atoms with Gasteiger partial charge in [-0.25, -0.2) is 8.42 Å². The van der Waals surface area contributed by atoms with Crippen LogP contribution in [0.3, 0.4) is 0 Å². The molecule has 0 aliphatic carbocycles. The van der Waals surface area contributed by atoms with E-state index in [9.17, 15) is 8.42 Å². The quantitative estimate of drug-likeness (QED) is 0.853. The van der Waals surface area contributed by atoms with E-state index in [1.807, 2.05) is 27.7 Å². The molecule has 1 heterocycles. The highest BCUT2D eigenvalue weighted by molar-refractivity contribution is 7.89. The van der Waals surface area contributed by atoms with Gasteiger partial charge >= 0.3 is 0 Å².